The molecule has 0 aliphatic carbocycles. The highest BCUT2D eigenvalue weighted by Crippen LogP contribution is 2.20. The Bertz CT molecular complexity index is 738. The van der Waals surface area contributed by atoms with Crippen LogP contribution in [-0.2, 0) is 11.3 Å². The molecule has 1 saturated heterocycles. The summed E-state index contributed by atoms with van der Waals surface area (Å²) in [5.41, 5.74) is 2.21. The lowest BCUT2D eigenvalue weighted by Gasteiger charge is -2.23. The number of hydrogen-bond donors (Lipinski definition) is 2. The molecule has 1 aliphatic rings. The van der Waals surface area contributed by atoms with Crippen LogP contribution in [0, 0.1) is 6.92 Å². The predicted octanol–water partition coefficient (Wildman–Crippen LogP) is 1.47. The Kier molecular flexibility index (Phi) is 6.78. The van der Waals surface area contributed by atoms with E-state index in [1.54, 1.807) is 7.11 Å². The Morgan fingerprint density at radius 1 is 1.26 bits per heavy atom. The lowest BCUT2D eigenvalue weighted by Crippen LogP contribution is -2.30. The Morgan fingerprint density at radius 2 is 2.00 bits per heavy atom. The van der Waals surface area contributed by atoms with E-state index in [-0.39, 0.29) is 5.91 Å². The van der Waals surface area contributed by atoms with Crippen molar-refractivity contribution in [3.63, 3.8) is 0 Å². The predicted molar refractivity (Wildman–Crippen MR) is 101 cm³/mol. The highest BCUT2D eigenvalue weighted by molar-refractivity contribution is 5.93. The first-order valence-corrected chi connectivity index (χ1v) is 9.30. The smallest absolute Gasteiger partial charge is 0.274 e. The van der Waals surface area contributed by atoms with Gasteiger partial charge in [0.05, 0.1) is 18.3 Å². The van der Waals surface area contributed by atoms with Gasteiger partial charge < -0.3 is 20.1 Å². The summed E-state index contributed by atoms with van der Waals surface area (Å²) in [4.78, 5) is 12.5. The molecule has 3 rings (SSSR count). The van der Waals surface area contributed by atoms with Crippen molar-refractivity contribution >= 4 is 5.91 Å². The maximum Gasteiger partial charge on any atom is 0.274 e. The van der Waals surface area contributed by atoms with Gasteiger partial charge in [0.25, 0.3) is 5.91 Å². The van der Waals surface area contributed by atoms with Crippen molar-refractivity contribution in [3.05, 3.63) is 41.2 Å². The third-order valence-electron chi connectivity index (χ3n) is 4.73. The van der Waals surface area contributed by atoms with E-state index in [1.807, 2.05) is 35.9 Å². The van der Waals surface area contributed by atoms with E-state index in [0.717, 1.165) is 42.9 Å². The second-order valence-corrected chi connectivity index (χ2v) is 6.62. The van der Waals surface area contributed by atoms with Crippen LogP contribution >= 0.6 is 0 Å². The number of ether oxygens (including phenoxy) is 2. The summed E-state index contributed by atoms with van der Waals surface area (Å²) in [6.07, 6.45) is 2.01. The zero-order valence-corrected chi connectivity index (χ0v) is 15.9. The molecule has 8 nitrogen and oxygen atoms in total. The van der Waals surface area contributed by atoms with E-state index >= 15 is 0 Å². The Hall–Kier alpha value is -2.45. The van der Waals surface area contributed by atoms with Gasteiger partial charge in [-0.1, -0.05) is 17.3 Å². The van der Waals surface area contributed by atoms with Crippen molar-refractivity contribution in [3.8, 4) is 5.75 Å². The van der Waals surface area contributed by atoms with Gasteiger partial charge >= 0.3 is 0 Å². The van der Waals surface area contributed by atoms with Gasteiger partial charge in [-0.25, -0.2) is 4.68 Å². The van der Waals surface area contributed by atoms with Crippen molar-refractivity contribution < 1.29 is 14.3 Å². The molecule has 0 radical (unpaired) electrons. The number of aromatic nitrogens is 3. The fourth-order valence-electron chi connectivity index (χ4n) is 3.16. The topological polar surface area (TPSA) is 90.3 Å². The molecule has 2 aromatic rings. The SMILES string of the molecule is COCCOc1ccc(CNC(=O)c2nnn(C3CCNCC3)c2C)cc1. The van der Waals surface area contributed by atoms with Crippen LogP contribution in [0.25, 0.3) is 0 Å². The number of nitrogens with zero attached hydrogens (tertiary/aromatic N) is 3. The van der Waals surface area contributed by atoms with Crippen LogP contribution in [0.4, 0.5) is 0 Å². The fraction of sp³-hybridized carbons (Fsp3) is 0.526. The summed E-state index contributed by atoms with van der Waals surface area (Å²) in [6, 6.07) is 7.94. The van der Waals surface area contributed by atoms with Crippen LogP contribution in [-0.4, -0.2) is 54.3 Å². The van der Waals surface area contributed by atoms with Gasteiger partial charge in [0.15, 0.2) is 5.69 Å². The van der Waals surface area contributed by atoms with Crippen molar-refractivity contribution in [2.75, 3.05) is 33.4 Å². The molecule has 1 fully saturated rings. The van der Waals surface area contributed by atoms with Crippen molar-refractivity contribution in [1.29, 1.82) is 0 Å². The minimum atomic E-state index is -0.201. The highest BCUT2D eigenvalue weighted by Gasteiger charge is 2.22. The van der Waals surface area contributed by atoms with Crippen LogP contribution in [0.5, 0.6) is 5.75 Å². The highest BCUT2D eigenvalue weighted by atomic mass is 16.5. The molecule has 1 aromatic carbocycles. The number of methoxy groups -OCH3 is 1. The fourth-order valence-corrected chi connectivity index (χ4v) is 3.16. The number of benzene rings is 1. The van der Waals surface area contributed by atoms with E-state index in [4.69, 9.17) is 9.47 Å². The van der Waals surface area contributed by atoms with Crippen molar-refractivity contribution in [2.45, 2.75) is 32.4 Å². The summed E-state index contributed by atoms with van der Waals surface area (Å²) >= 11 is 0. The number of amides is 1. The molecule has 2 N–H and O–H groups in total. The second kappa shape index (κ2) is 9.48. The van der Waals surface area contributed by atoms with E-state index < -0.39 is 0 Å². The molecule has 1 aromatic heterocycles. The Morgan fingerprint density at radius 3 is 2.70 bits per heavy atom. The Balaban J connectivity index is 1.54. The minimum Gasteiger partial charge on any atom is -0.491 e. The second-order valence-electron chi connectivity index (χ2n) is 6.62. The van der Waals surface area contributed by atoms with Gasteiger partial charge in [-0.05, 0) is 50.6 Å². The average Bonchev–Trinajstić information content (AvgIpc) is 3.09. The van der Waals surface area contributed by atoms with E-state index in [2.05, 4.69) is 20.9 Å². The van der Waals surface area contributed by atoms with Crippen LogP contribution in [0.3, 0.4) is 0 Å². The van der Waals surface area contributed by atoms with Crippen LogP contribution in [0.1, 0.15) is 40.6 Å². The molecule has 27 heavy (non-hydrogen) atoms. The maximum absolute atomic E-state index is 12.5. The third kappa shape index (κ3) is 5.05. The van der Waals surface area contributed by atoms with Gasteiger partial charge in [0.1, 0.15) is 12.4 Å². The maximum atomic E-state index is 12.5. The first kappa shape index (κ1) is 19.3. The molecule has 1 aliphatic heterocycles. The molecule has 1 amide bonds. The summed E-state index contributed by atoms with van der Waals surface area (Å²) in [5, 5.41) is 14.6. The molecule has 0 spiro atoms. The summed E-state index contributed by atoms with van der Waals surface area (Å²) in [5.74, 6) is 0.580. The monoisotopic (exact) mass is 373 g/mol. The number of carbonyl (C=O) groups excluding carboxylic acids is 1. The van der Waals surface area contributed by atoms with Crippen LogP contribution in [0.2, 0.25) is 0 Å². The van der Waals surface area contributed by atoms with Crippen LogP contribution in [0.15, 0.2) is 24.3 Å². The zero-order chi connectivity index (χ0) is 19.1. The number of rotatable bonds is 8. The molecular formula is C19H27N5O3. The quantitative estimate of drug-likeness (QED) is 0.681. The first-order chi connectivity index (χ1) is 13.2. The summed E-state index contributed by atoms with van der Waals surface area (Å²) < 4.78 is 12.4. The van der Waals surface area contributed by atoms with Gasteiger partial charge in [-0.15, -0.1) is 5.10 Å². The van der Waals surface area contributed by atoms with Crippen molar-refractivity contribution in [1.82, 2.24) is 25.6 Å². The third-order valence-corrected chi connectivity index (χ3v) is 4.73. The van der Waals surface area contributed by atoms with E-state index in [1.165, 1.54) is 0 Å². The number of nitrogens with one attached hydrogen (secondary N) is 2. The van der Waals surface area contributed by atoms with Gasteiger partial charge in [0, 0.05) is 13.7 Å². The molecule has 146 valence electrons. The molecular weight excluding hydrogens is 346 g/mol. The van der Waals surface area contributed by atoms with E-state index in [0.29, 0.717) is 31.5 Å². The largest absolute Gasteiger partial charge is 0.491 e. The molecule has 0 saturated carbocycles. The number of hydrogen-bond acceptors (Lipinski definition) is 6. The Labute approximate surface area is 159 Å². The minimum absolute atomic E-state index is 0.201. The van der Waals surface area contributed by atoms with Crippen LogP contribution < -0.4 is 15.4 Å². The average molecular weight is 373 g/mol. The lowest BCUT2D eigenvalue weighted by atomic mass is 10.1. The van der Waals surface area contributed by atoms with Gasteiger partial charge in [-0.2, -0.15) is 0 Å². The number of piperidine rings is 1. The number of carbonyl (C=O) groups is 1. The normalized spacial score (nSPS) is 14.9. The molecule has 0 bridgehead atoms. The molecule has 0 atom stereocenters. The molecule has 8 heteroatoms. The standard InChI is InChI=1S/C19H27N5O3/c1-14-18(22-23-24(14)16-7-9-20-10-8-16)19(25)21-13-15-3-5-17(6-4-15)27-12-11-26-2/h3-6,16,20H,7-13H2,1-2H3,(H,21,25). The van der Waals surface area contributed by atoms with Gasteiger partial charge in [0.2, 0.25) is 0 Å². The molecule has 2 heterocycles. The zero-order valence-electron chi connectivity index (χ0n) is 15.9. The van der Waals surface area contributed by atoms with Crippen molar-refractivity contribution in [2.24, 2.45) is 0 Å². The molecule has 0 unspecified atom stereocenters. The summed E-state index contributed by atoms with van der Waals surface area (Å²) in [6.45, 7) is 5.33. The summed E-state index contributed by atoms with van der Waals surface area (Å²) in [7, 11) is 1.64. The lowest BCUT2D eigenvalue weighted by molar-refractivity contribution is 0.0945. The van der Waals surface area contributed by atoms with E-state index in [9.17, 15) is 4.79 Å². The first-order valence-electron chi connectivity index (χ1n) is 9.30. The van der Waals surface area contributed by atoms with Gasteiger partial charge in [-0.3, -0.25) is 4.79 Å².